The summed E-state index contributed by atoms with van der Waals surface area (Å²) in [6.45, 7) is 1.59. The second-order valence-electron chi connectivity index (χ2n) is 4.66. The topological polar surface area (TPSA) is 61.2 Å². The second kappa shape index (κ2) is 6.29. The van der Waals surface area contributed by atoms with E-state index >= 15 is 0 Å². The number of rotatable bonds is 3. The number of allylic oxidation sites excluding steroid dienone is 1. The summed E-state index contributed by atoms with van der Waals surface area (Å²) >= 11 is 5.75. The molecule has 0 aliphatic carbocycles. The van der Waals surface area contributed by atoms with Gasteiger partial charge in [-0.3, -0.25) is 0 Å². The van der Waals surface area contributed by atoms with E-state index in [4.69, 9.17) is 16.9 Å². The first-order valence-corrected chi connectivity index (χ1v) is 8.27. The SMILES string of the molecule is N#C/C(=C\N1CCCCC1)S(=O)(=O)c1ccc(Cl)cc1. The van der Waals surface area contributed by atoms with Gasteiger partial charge in [-0.05, 0) is 43.5 Å². The van der Waals surface area contributed by atoms with Gasteiger partial charge < -0.3 is 4.90 Å². The van der Waals surface area contributed by atoms with Gasteiger partial charge >= 0.3 is 0 Å². The van der Waals surface area contributed by atoms with Gasteiger partial charge in [0.25, 0.3) is 0 Å². The lowest BCUT2D eigenvalue weighted by Gasteiger charge is -2.25. The highest BCUT2D eigenvalue weighted by atomic mass is 35.5. The van der Waals surface area contributed by atoms with Crippen LogP contribution in [0.5, 0.6) is 0 Å². The number of nitrogens with zero attached hydrogens (tertiary/aromatic N) is 2. The van der Waals surface area contributed by atoms with Crippen LogP contribution in [0.2, 0.25) is 5.02 Å². The van der Waals surface area contributed by atoms with Crippen LogP contribution in [0.15, 0.2) is 40.3 Å². The fourth-order valence-corrected chi connectivity index (χ4v) is 3.39. The van der Waals surface area contributed by atoms with E-state index in [0.717, 1.165) is 32.4 Å². The number of hydrogen-bond acceptors (Lipinski definition) is 4. The van der Waals surface area contributed by atoms with Crippen LogP contribution in [0, 0.1) is 11.3 Å². The summed E-state index contributed by atoms with van der Waals surface area (Å²) in [5.41, 5.74) is 0. The van der Waals surface area contributed by atoms with Crippen molar-refractivity contribution in [2.24, 2.45) is 0 Å². The normalized spacial score (nSPS) is 16.8. The molecule has 0 unspecified atom stereocenters. The van der Waals surface area contributed by atoms with Gasteiger partial charge in [-0.1, -0.05) is 11.6 Å². The molecule has 1 aromatic rings. The van der Waals surface area contributed by atoms with E-state index in [9.17, 15) is 8.42 Å². The maximum atomic E-state index is 12.4. The molecular formula is C14H15ClN2O2S. The van der Waals surface area contributed by atoms with E-state index in [1.54, 1.807) is 6.07 Å². The van der Waals surface area contributed by atoms with Crippen molar-refractivity contribution in [3.63, 3.8) is 0 Å². The summed E-state index contributed by atoms with van der Waals surface area (Å²) in [6, 6.07) is 7.64. The van der Waals surface area contributed by atoms with Crippen LogP contribution in [0.4, 0.5) is 0 Å². The molecule has 0 atom stereocenters. The third-order valence-electron chi connectivity index (χ3n) is 3.21. The average Bonchev–Trinajstić information content (AvgIpc) is 2.46. The first kappa shape index (κ1) is 14.9. The smallest absolute Gasteiger partial charge is 0.218 e. The van der Waals surface area contributed by atoms with Crippen molar-refractivity contribution in [2.45, 2.75) is 24.2 Å². The maximum absolute atomic E-state index is 12.4. The Hall–Kier alpha value is -1.51. The van der Waals surface area contributed by atoms with Crippen molar-refractivity contribution in [3.05, 3.63) is 40.4 Å². The second-order valence-corrected chi connectivity index (χ2v) is 7.01. The first-order valence-electron chi connectivity index (χ1n) is 6.40. The zero-order valence-electron chi connectivity index (χ0n) is 10.9. The standard InChI is InChI=1S/C14H15ClN2O2S/c15-12-4-6-13(7-5-12)20(18,19)14(10-16)11-17-8-2-1-3-9-17/h4-7,11H,1-3,8-9H2/b14-11+. The van der Waals surface area contributed by atoms with E-state index in [2.05, 4.69) is 0 Å². The zero-order valence-corrected chi connectivity index (χ0v) is 12.5. The molecule has 0 amide bonds. The van der Waals surface area contributed by atoms with Gasteiger partial charge in [-0.25, -0.2) is 8.42 Å². The molecule has 6 heteroatoms. The summed E-state index contributed by atoms with van der Waals surface area (Å²) in [5, 5.41) is 9.62. The van der Waals surface area contributed by atoms with Crippen molar-refractivity contribution in [1.82, 2.24) is 4.90 Å². The van der Waals surface area contributed by atoms with Gasteiger partial charge in [0.15, 0.2) is 4.91 Å². The van der Waals surface area contributed by atoms with Crippen molar-refractivity contribution in [2.75, 3.05) is 13.1 Å². The van der Waals surface area contributed by atoms with Crippen LogP contribution in [-0.4, -0.2) is 26.4 Å². The third kappa shape index (κ3) is 3.33. The van der Waals surface area contributed by atoms with Crippen LogP contribution < -0.4 is 0 Å². The van der Waals surface area contributed by atoms with Gasteiger partial charge in [0.2, 0.25) is 9.84 Å². The van der Waals surface area contributed by atoms with Gasteiger partial charge in [0, 0.05) is 24.3 Å². The van der Waals surface area contributed by atoms with E-state index < -0.39 is 9.84 Å². The largest absolute Gasteiger partial charge is 0.376 e. The number of halogens is 1. The molecule has 1 aromatic carbocycles. The highest BCUT2D eigenvalue weighted by Crippen LogP contribution is 2.22. The molecule has 106 valence electrons. The molecule has 1 heterocycles. The quantitative estimate of drug-likeness (QED) is 0.805. The lowest BCUT2D eigenvalue weighted by atomic mass is 10.1. The number of likely N-dealkylation sites (tertiary alicyclic amines) is 1. The molecule has 2 rings (SSSR count). The van der Waals surface area contributed by atoms with Crippen LogP contribution in [0.1, 0.15) is 19.3 Å². The van der Waals surface area contributed by atoms with E-state index in [1.807, 2.05) is 4.90 Å². The summed E-state index contributed by atoms with van der Waals surface area (Å²) in [6.07, 6.45) is 4.66. The third-order valence-corrected chi connectivity index (χ3v) is 5.13. The Labute approximate surface area is 124 Å². The highest BCUT2D eigenvalue weighted by molar-refractivity contribution is 7.95. The number of nitriles is 1. The summed E-state index contributed by atoms with van der Waals surface area (Å²) in [5.74, 6) is 0. The number of benzene rings is 1. The minimum Gasteiger partial charge on any atom is -0.376 e. The monoisotopic (exact) mass is 310 g/mol. The van der Waals surface area contributed by atoms with Crippen molar-refractivity contribution < 1.29 is 8.42 Å². The average molecular weight is 311 g/mol. The van der Waals surface area contributed by atoms with Crippen LogP contribution in [-0.2, 0) is 9.84 Å². The van der Waals surface area contributed by atoms with E-state index in [-0.39, 0.29) is 9.80 Å². The van der Waals surface area contributed by atoms with Crippen molar-refractivity contribution >= 4 is 21.4 Å². The first-order chi connectivity index (χ1) is 9.54. The number of hydrogen-bond donors (Lipinski definition) is 0. The minimum atomic E-state index is -3.77. The molecule has 1 saturated heterocycles. The highest BCUT2D eigenvalue weighted by Gasteiger charge is 2.22. The Bertz CT molecular complexity index is 639. The molecule has 20 heavy (non-hydrogen) atoms. The Morgan fingerprint density at radius 2 is 1.80 bits per heavy atom. The lowest BCUT2D eigenvalue weighted by molar-refractivity contribution is 0.309. The molecular weight excluding hydrogens is 296 g/mol. The molecule has 1 aliphatic heterocycles. The Morgan fingerprint density at radius 3 is 2.35 bits per heavy atom. The van der Waals surface area contributed by atoms with Crippen LogP contribution in [0.3, 0.4) is 0 Å². The van der Waals surface area contributed by atoms with Crippen molar-refractivity contribution in [3.8, 4) is 6.07 Å². The van der Waals surface area contributed by atoms with Gasteiger partial charge in [-0.15, -0.1) is 0 Å². The Balaban J connectivity index is 2.32. The predicted molar refractivity (Wildman–Crippen MR) is 77.8 cm³/mol. The lowest BCUT2D eigenvalue weighted by Crippen LogP contribution is -2.25. The molecule has 1 fully saturated rings. The number of sulfone groups is 1. The molecule has 0 N–H and O–H groups in total. The number of piperidine rings is 1. The molecule has 1 aliphatic rings. The van der Waals surface area contributed by atoms with E-state index in [0.29, 0.717) is 5.02 Å². The zero-order chi connectivity index (χ0) is 14.6. The van der Waals surface area contributed by atoms with Gasteiger partial charge in [0.1, 0.15) is 6.07 Å². The van der Waals surface area contributed by atoms with Crippen molar-refractivity contribution in [1.29, 1.82) is 5.26 Å². The minimum absolute atomic E-state index is 0.0895. The molecule has 0 bridgehead atoms. The van der Waals surface area contributed by atoms with Gasteiger partial charge in [0.05, 0.1) is 4.90 Å². The van der Waals surface area contributed by atoms with Crippen LogP contribution >= 0.6 is 11.6 Å². The molecule has 4 nitrogen and oxygen atoms in total. The predicted octanol–water partition coefficient (Wildman–Crippen LogP) is 2.96. The molecule has 0 aromatic heterocycles. The Morgan fingerprint density at radius 1 is 1.20 bits per heavy atom. The summed E-state index contributed by atoms with van der Waals surface area (Å²) in [4.78, 5) is 1.77. The van der Waals surface area contributed by atoms with Gasteiger partial charge in [-0.2, -0.15) is 5.26 Å². The fourth-order valence-electron chi connectivity index (χ4n) is 2.11. The van der Waals surface area contributed by atoms with Crippen LogP contribution in [0.25, 0.3) is 0 Å². The molecule has 0 saturated carbocycles. The van der Waals surface area contributed by atoms with E-state index in [1.165, 1.54) is 30.5 Å². The summed E-state index contributed by atoms with van der Waals surface area (Å²) in [7, 11) is -3.77. The summed E-state index contributed by atoms with van der Waals surface area (Å²) < 4.78 is 24.8. The Kier molecular flexibility index (Phi) is 4.69. The maximum Gasteiger partial charge on any atom is 0.218 e. The molecule has 0 spiro atoms. The molecule has 0 radical (unpaired) electrons. The fraction of sp³-hybridized carbons (Fsp3) is 0.357.